The molecule has 0 N–H and O–H groups in total. The molecule has 1 saturated heterocycles. The molecule has 31 heavy (non-hydrogen) atoms. The number of hydrogen-bond acceptors (Lipinski definition) is 5. The van der Waals surface area contributed by atoms with E-state index in [1.807, 2.05) is 19.9 Å². The highest BCUT2D eigenvalue weighted by Gasteiger charge is 2.24. The lowest BCUT2D eigenvalue weighted by atomic mass is 10.1. The second kappa shape index (κ2) is 8.93. The number of nitrogens with zero attached hydrogens (tertiary/aromatic N) is 4. The van der Waals surface area contributed by atoms with Crippen molar-refractivity contribution >= 4 is 28.3 Å². The van der Waals surface area contributed by atoms with Crippen LogP contribution in [0.15, 0.2) is 29.1 Å². The average molecular weight is 445 g/mol. The van der Waals surface area contributed by atoms with Crippen LogP contribution in [0.3, 0.4) is 0 Å². The first-order chi connectivity index (χ1) is 14.9. The summed E-state index contributed by atoms with van der Waals surface area (Å²) in [5.74, 6) is 0.777. The molecule has 2 aromatic heterocycles. The number of ether oxygens (including phenoxy) is 1. The smallest absolute Gasteiger partial charge is 0.263 e. The Balaban J connectivity index is 1.98. The molecule has 0 bridgehead atoms. The molecule has 4 rings (SSSR count). The Morgan fingerprint density at radius 3 is 2.77 bits per heavy atom. The quantitative estimate of drug-likeness (QED) is 0.576. The second-order valence-electron chi connectivity index (χ2n) is 7.81. The summed E-state index contributed by atoms with van der Waals surface area (Å²) in [5, 5.41) is 0.613. The fourth-order valence-electron chi connectivity index (χ4n) is 4.03. The van der Waals surface area contributed by atoms with Gasteiger partial charge in [0.15, 0.2) is 0 Å². The topological polar surface area (TPSA) is 60.3 Å². The van der Waals surface area contributed by atoms with Crippen LogP contribution in [-0.4, -0.2) is 40.3 Å². The molecule has 1 fully saturated rings. The van der Waals surface area contributed by atoms with E-state index in [-0.39, 0.29) is 22.2 Å². The molecule has 164 valence electrons. The molecule has 0 amide bonds. The third-order valence-corrected chi connectivity index (χ3v) is 5.90. The van der Waals surface area contributed by atoms with Gasteiger partial charge in [0.25, 0.3) is 5.56 Å². The van der Waals surface area contributed by atoms with Crippen LogP contribution in [0.2, 0.25) is 5.02 Å². The van der Waals surface area contributed by atoms with Crippen molar-refractivity contribution in [2.24, 2.45) is 0 Å². The summed E-state index contributed by atoms with van der Waals surface area (Å²) in [6.45, 7) is 8.39. The van der Waals surface area contributed by atoms with Gasteiger partial charge < -0.3 is 9.64 Å². The summed E-state index contributed by atoms with van der Waals surface area (Å²) in [4.78, 5) is 25.0. The van der Waals surface area contributed by atoms with E-state index in [1.165, 1.54) is 6.07 Å². The van der Waals surface area contributed by atoms with E-state index in [2.05, 4.69) is 11.8 Å². The molecule has 3 heterocycles. The molecule has 0 aliphatic carbocycles. The number of anilines is 1. The zero-order chi connectivity index (χ0) is 22.1. The third-order valence-electron chi connectivity index (χ3n) is 5.67. The van der Waals surface area contributed by atoms with Gasteiger partial charge in [0.05, 0.1) is 29.3 Å². The lowest BCUT2D eigenvalue weighted by Crippen LogP contribution is -2.42. The molecule has 1 atom stereocenters. The number of rotatable bonds is 5. The van der Waals surface area contributed by atoms with Crippen molar-refractivity contribution in [3.8, 4) is 11.3 Å². The van der Waals surface area contributed by atoms with Crippen molar-refractivity contribution in [1.29, 1.82) is 0 Å². The van der Waals surface area contributed by atoms with Gasteiger partial charge in [0.1, 0.15) is 17.5 Å². The largest absolute Gasteiger partial charge is 0.375 e. The number of pyridine rings is 1. The first-order valence-corrected chi connectivity index (χ1v) is 11.0. The van der Waals surface area contributed by atoms with E-state index < -0.39 is 5.82 Å². The number of benzene rings is 1. The maximum atomic E-state index is 14.9. The van der Waals surface area contributed by atoms with Gasteiger partial charge in [-0.2, -0.15) is 0 Å². The predicted octanol–water partition coefficient (Wildman–Crippen LogP) is 4.58. The van der Waals surface area contributed by atoms with Gasteiger partial charge in [-0.25, -0.2) is 14.4 Å². The fourth-order valence-corrected chi connectivity index (χ4v) is 4.19. The van der Waals surface area contributed by atoms with Gasteiger partial charge in [0, 0.05) is 36.3 Å². The van der Waals surface area contributed by atoms with Crippen molar-refractivity contribution in [1.82, 2.24) is 14.5 Å². The van der Waals surface area contributed by atoms with Crippen LogP contribution in [0.5, 0.6) is 0 Å². The summed E-state index contributed by atoms with van der Waals surface area (Å²) < 4.78 is 22.3. The number of aryl methyl sites for hydroxylation is 1. The molecule has 0 radical (unpaired) electrons. The summed E-state index contributed by atoms with van der Waals surface area (Å²) in [6, 6.07) is 6.25. The lowest BCUT2D eigenvalue weighted by Gasteiger charge is -2.33. The monoisotopic (exact) mass is 444 g/mol. The highest BCUT2D eigenvalue weighted by atomic mass is 35.5. The zero-order valence-corrected chi connectivity index (χ0v) is 18.7. The van der Waals surface area contributed by atoms with E-state index in [1.54, 1.807) is 16.7 Å². The first-order valence-electron chi connectivity index (χ1n) is 10.7. The molecule has 1 aliphatic heterocycles. The Morgan fingerprint density at radius 2 is 2.06 bits per heavy atom. The SMILES string of the molecule is CCCn1c(C)nc2cc(N3CCO[C@H](CC)C3)nc(-c3ccc(Cl)cc3F)c2c1=O. The van der Waals surface area contributed by atoms with Crippen LogP contribution >= 0.6 is 11.6 Å². The lowest BCUT2D eigenvalue weighted by molar-refractivity contribution is 0.0382. The highest BCUT2D eigenvalue weighted by Crippen LogP contribution is 2.31. The van der Waals surface area contributed by atoms with E-state index in [4.69, 9.17) is 26.3 Å². The van der Waals surface area contributed by atoms with Gasteiger partial charge in [-0.05, 0) is 38.0 Å². The molecular formula is C23H26ClFN4O2. The second-order valence-corrected chi connectivity index (χ2v) is 8.25. The Labute approximate surface area is 185 Å². The van der Waals surface area contributed by atoms with Gasteiger partial charge in [-0.15, -0.1) is 0 Å². The van der Waals surface area contributed by atoms with E-state index in [0.717, 1.165) is 12.8 Å². The van der Waals surface area contributed by atoms with Crippen molar-refractivity contribution in [2.45, 2.75) is 46.3 Å². The first kappa shape index (κ1) is 21.7. The number of aromatic nitrogens is 3. The molecule has 6 nitrogen and oxygen atoms in total. The van der Waals surface area contributed by atoms with Crippen LogP contribution in [0.4, 0.5) is 10.2 Å². The Bertz CT molecular complexity index is 1180. The summed E-state index contributed by atoms with van der Waals surface area (Å²) in [5.41, 5.74) is 0.843. The predicted molar refractivity (Wildman–Crippen MR) is 121 cm³/mol. The minimum absolute atomic E-state index is 0.106. The van der Waals surface area contributed by atoms with Gasteiger partial charge in [-0.3, -0.25) is 9.36 Å². The summed E-state index contributed by atoms with van der Waals surface area (Å²) >= 11 is 5.97. The van der Waals surface area contributed by atoms with Gasteiger partial charge in [-0.1, -0.05) is 25.4 Å². The number of morpholine rings is 1. The van der Waals surface area contributed by atoms with E-state index in [9.17, 15) is 9.18 Å². The normalized spacial score (nSPS) is 16.8. The average Bonchev–Trinajstić information content (AvgIpc) is 2.76. The molecule has 0 saturated carbocycles. The Kier molecular flexibility index (Phi) is 6.25. The van der Waals surface area contributed by atoms with Crippen LogP contribution in [0, 0.1) is 12.7 Å². The highest BCUT2D eigenvalue weighted by molar-refractivity contribution is 6.30. The third kappa shape index (κ3) is 4.16. The molecule has 0 unspecified atom stereocenters. The van der Waals surface area contributed by atoms with E-state index in [0.29, 0.717) is 54.5 Å². The Hall–Kier alpha value is -2.51. The zero-order valence-electron chi connectivity index (χ0n) is 18.0. The molecule has 1 aliphatic rings. The van der Waals surface area contributed by atoms with Crippen molar-refractivity contribution < 1.29 is 9.13 Å². The van der Waals surface area contributed by atoms with Crippen LogP contribution in [0.1, 0.15) is 32.5 Å². The van der Waals surface area contributed by atoms with Gasteiger partial charge >= 0.3 is 0 Å². The van der Waals surface area contributed by atoms with Crippen LogP contribution in [0.25, 0.3) is 22.2 Å². The maximum absolute atomic E-state index is 14.9. The standard InChI is InChI=1S/C23H26ClFN4O2/c1-4-8-29-14(3)26-19-12-20(28-9-10-31-16(5-2)13-28)27-22(21(19)23(29)30)17-7-6-15(24)11-18(17)25/h6-7,11-12,16H,4-5,8-10,13H2,1-3H3/t16-/m1/s1. The number of fused-ring (bicyclic) bond motifs is 1. The van der Waals surface area contributed by atoms with Gasteiger partial charge in [0.2, 0.25) is 0 Å². The molecule has 3 aromatic rings. The number of hydrogen-bond donors (Lipinski definition) is 0. The van der Waals surface area contributed by atoms with Crippen LogP contribution < -0.4 is 10.5 Å². The Morgan fingerprint density at radius 1 is 1.26 bits per heavy atom. The molecule has 0 spiro atoms. The van der Waals surface area contributed by atoms with Crippen LogP contribution in [-0.2, 0) is 11.3 Å². The molecular weight excluding hydrogens is 419 g/mol. The number of halogens is 2. The summed E-state index contributed by atoms with van der Waals surface area (Å²) in [6.07, 6.45) is 1.78. The summed E-state index contributed by atoms with van der Waals surface area (Å²) in [7, 11) is 0. The van der Waals surface area contributed by atoms with E-state index >= 15 is 0 Å². The minimum Gasteiger partial charge on any atom is -0.375 e. The maximum Gasteiger partial charge on any atom is 0.263 e. The molecule has 8 heteroatoms. The molecule has 1 aromatic carbocycles. The van der Waals surface area contributed by atoms with Crippen molar-refractivity contribution in [2.75, 3.05) is 24.6 Å². The fraction of sp³-hybridized carbons (Fsp3) is 0.435. The van der Waals surface area contributed by atoms with Crippen molar-refractivity contribution in [3.05, 3.63) is 51.3 Å². The van der Waals surface area contributed by atoms with Crippen molar-refractivity contribution in [3.63, 3.8) is 0 Å². The minimum atomic E-state index is -0.520.